The van der Waals surface area contributed by atoms with Gasteiger partial charge in [-0.15, -0.1) is 11.3 Å². The van der Waals surface area contributed by atoms with Gasteiger partial charge in [0.15, 0.2) is 0 Å². The molecule has 108 valence electrons. The maximum absolute atomic E-state index is 12.5. The maximum Gasteiger partial charge on any atom is 0.228 e. The van der Waals surface area contributed by atoms with E-state index in [0.717, 1.165) is 23.3 Å². The number of carbonyl (C=O) groups excluding carboxylic acids is 1. The van der Waals surface area contributed by atoms with Gasteiger partial charge >= 0.3 is 0 Å². The third-order valence-electron chi connectivity index (χ3n) is 3.96. The Morgan fingerprint density at radius 2 is 2.20 bits per heavy atom. The fourth-order valence-electron chi connectivity index (χ4n) is 2.84. The van der Waals surface area contributed by atoms with E-state index in [9.17, 15) is 4.79 Å². The summed E-state index contributed by atoms with van der Waals surface area (Å²) in [5.74, 6) is 6.16. The third kappa shape index (κ3) is 3.41. The van der Waals surface area contributed by atoms with Gasteiger partial charge in [0.05, 0.1) is 11.4 Å². The van der Waals surface area contributed by atoms with Gasteiger partial charge in [-0.1, -0.05) is 31.6 Å². The van der Waals surface area contributed by atoms with Gasteiger partial charge in [-0.05, 0) is 29.9 Å². The largest absolute Gasteiger partial charge is 0.341 e. The number of nitrogens with zero attached hydrogens (tertiary/aromatic N) is 1. The molecule has 1 aliphatic carbocycles. The van der Waals surface area contributed by atoms with Gasteiger partial charge in [0, 0.05) is 19.0 Å². The minimum absolute atomic E-state index is 0.146. The highest BCUT2D eigenvalue weighted by atomic mass is 32.1. The SMILES string of the molecule is CN(Cc1csc(C#CCN)c1)C(=O)C1(C)CCCC1. The second-order valence-corrected chi connectivity index (χ2v) is 6.67. The van der Waals surface area contributed by atoms with Crippen molar-refractivity contribution in [2.45, 2.75) is 39.2 Å². The van der Waals surface area contributed by atoms with E-state index in [4.69, 9.17) is 5.73 Å². The molecule has 1 amide bonds. The van der Waals surface area contributed by atoms with Crippen LogP contribution in [0.3, 0.4) is 0 Å². The molecule has 1 aromatic rings. The number of thiophene rings is 1. The molecule has 1 fully saturated rings. The first-order valence-electron chi connectivity index (χ1n) is 7.07. The molecule has 0 bridgehead atoms. The van der Waals surface area contributed by atoms with E-state index in [2.05, 4.69) is 24.1 Å². The lowest BCUT2D eigenvalue weighted by molar-refractivity contribution is -0.140. The van der Waals surface area contributed by atoms with Crippen molar-refractivity contribution in [1.29, 1.82) is 0 Å². The van der Waals surface area contributed by atoms with Crippen LogP contribution in [0.5, 0.6) is 0 Å². The molecular formula is C16H22N2OS. The second-order valence-electron chi connectivity index (χ2n) is 5.75. The molecule has 0 aromatic carbocycles. The van der Waals surface area contributed by atoms with Crippen LogP contribution in [0, 0.1) is 17.3 Å². The molecule has 4 heteroatoms. The minimum Gasteiger partial charge on any atom is -0.341 e. The van der Waals surface area contributed by atoms with E-state index >= 15 is 0 Å². The normalized spacial score (nSPS) is 16.6. The Kier molecular flexibility index (Phi) is 4.85. The Hall–Kier alpha value is -1.31. The topological polar surface area (TPSA) is 46.3 Å². The zero-order chi connectivity index (χ0) is 14.6. The fourth-order valence-corrected chi connectivity index (χ4v) is 3.61. The zero-order valence-corrected chi connectivity index (χ0v) is 13.1. The Morgan fingerprint density at radius 3 is 2.85 bits per heavy atom. The van der Waals surface area contributed by atoms with Crippen molar-refractivity contribution >= 4 is 17.2 Å². The van der Waals surface area contributed by atoms with Gasteiger partial charge in [-0.3, -0.25) is 4.79 Å². The van der Waals surface area contributed by atoms with E-state index < -0.39 is 0 Å². The first-order chi connectivity index (χ1) is 9.55. The van der Waals surface area contributed by atoms with Gasteiger partial charge in [-0.25, -0.2) is 0 Å². The summed E-state index contributed by atoms with van der Waals surface area (Å²) in [4.78, 5) is 15.4. The van der Waals surface area contributed by atoms with Gasteiger partial charge in [0.2, 0.25) is 5.91 Å². The summed E-state index contributed by atoms with van der Waals surface area (Å²) in [5, 5.41) is 2.07. The predicted molar refractivity (Wildman–Crippen MR) is 83.3 cm³/mol. The van der Waals surface area contributed by atoms with Crippen LogP contribution in [0.2, 0.25) is 0 Å². The van der Waals surface area contributed by atoms with Crippen LogP contribution >= 0.6 is 11.3 Å². The Balaban J connectivity index is 1.98. The molecule has 0 unspecified atom stereocenters. The Morgan fingerprint density at radius 1 is 1.50 bits per heavy atom. The lowest BCUT2D eigenvalue weighted by Crippen LogP contribution is -2.38. The molecule has 3 nitrogen and oxygen atoms in total. The average molecular weight is 290 g/mol. The number of amides is 1. The van der Waals surface area contributed by atoms with Gasteiger partial charge in [0.25, 0.3) is 0 Å². The molecular weight excluding hydrogens is 268 g/mol. The van der Waals surface area contributed by atoms with Crippen molar-refractivity contribution in [2.24, 2.45) is 11.1 Å². The Labute approximate surface area is 125 Å². The van der Waals surface area contributed by atoms with Crippen molar-refractivity contribution in [3.8, 4) is 11.8 Å². The van der Waals surface area contributed by atoms with Crippen LogP contribution in [0.15, 0.2) is 11.4 Å². The monoisotopic (exact) mass is 290 g/mol. The van der Waals surface area contributed by atoms with Crippen molar-refractivity contribution in [1.82, 2.24) is 4.90 Å². The average Bonchev–Trinajstić information content (AvgIpc) is 3.05. The molecule has 1 heterocycles. The van der Waals surface area contributed by atoms with Crippen LogP contribution in [-0.2, 0) is 11.3 Å². The first kappa shape index (κ1) is 15.1. The summed E-state index contributed by atoms with van der Waals surface area (Å²) >= 11 is 1.61. The molecule has 0 spiro atoms. The summed E-state index contributed by atoms with van der Waals surface area (Å²) < 4.78 is 0. The molecule has 1 aliphatic rings. The summed E-state index contributed by atoms with van der Waals surface area (Å²) in [6.45, 7) is 3.14. The number of rotatable bonds is 3. The fraction of sp³-hybridized carbons (Fsp3) is 0.562. The van der Waals surface area contributed by atoms with Crippen molar-refractivity contribution < 1.29 is 4.79 Å². The maximum atomic E-state index is 12.5. The van der Waals surface area contributed by atoms with E-state index in [-0.39, 0.29) is 11.3 Å². The smallest absolute Gasteiger partial charge is 0.228 e. The van der Waals surface area contributed by atoms with Crippen LogP contribution in [0.1, 0.15) is 43.0 Å². The summed E-state index contributed by atoms with van der Waals surface area (Å²) in [6.07, 6.45) is 4.39. The minimum atomic E-state index is -0.146. The van der Waals surface area contributed by atoms with E-state index in [1.807, 2.05) is 18.0 Å². The summed E-state index contributed by atoms with van der Waals surface area (Å²) in [5.41, 5.74) is 6.37. The molecule has 2 N–H and O–H groups in total. The van der Waals surface area contributed by atoms with Crippen LogP contribution in [-0.4, -0.2) is 24.4 Å². The molecule has 1 saturated carbocycles. The lowest BCUT2D eigenvalue weighted by Gasteiger charge is -2.28. The molecule has 1 aromatic heterocycles. The standard InChI is InChI=1S/C16H22N2OS/c1-16(7-3-4-8-16)15(19)18(2)11-13-10-14(20-12-13)6-5-9-17/h10,12H,3-4,7-9,11,17H2,1-2H3. The molecule has 2 rings (SSSR count). The van der Waals surface area contributed by atoms with Gasteiger partial charge in [-0.2, -0.15) is 0 Å². The molecule has 20 heavy (non-hydrogen) atoms. The third-order valence-corrected chi connectivity index (χ3v) is 4.85. The van der Waals surface area contributed by atoms with Crippen LogP contribution < -0.4 is 5.73 Å². The van der Waals surface area contributed by atoms with E-state index in [0.29, 0.717) is 13.1 Å². The zero-order valence-electron chi connectivity index (χ0n) is 12.2. The summed E-state index contributed by atoms with van der Waals surface area (Å²) in [7, 11) is 1.90. The number of carbonyl (C=O) groups is 1. The lowest BCUT2D eigenvalue weighted by atomic mass is 9.87. The molecule has 0 atom stereocenters. The van der Waals surface area contributed by atoms with Crippen molar-refractivity contribution in [3.63, 3.8) is 0 Å². The summed E-state index contributed by atoms with van der Waals surface area (Å²) in [6, 6.07) is 2.05. The highest BCUT2D eigenvalue weighted by Crippen LogP contribution is 2.39. The van der Waals surface area contributed by atoms with E-state index in [1.54, 1.807) is 11.3 Å². The predicted octanol–water partition coefficient (Wildman–Crippen LogP) is 2.60. The van der Waals surface area contributed by atoms with Crippen molar-refractivity contribution in [3.05, 3.63) is 21.9 Å². The number of hydrogen-bond acceptors (Lipinski definition) is 3. The number of nitrogens with two attached hydrogens (primary N) is 1. The Bertz CT molecular complexity index is 532. The first-order valence-corrected chi connectivity index (χ1v) is 7.95. The molecule has 0 radical (unpaired) electrons. The highest BCUT2D eigenvalue weighted by molar-refractivity contribution is 7.10. The van der Waals surface area contributed by atoms with Crippen LogP contribution in [0.4, 0.5) is 0 Å². The van der Waals surface area contributed by atoms with Crippen molar-refractivity contribution in [2.75, 3.05) is 13.6 Å². The van der Waals surface area contributed by atoms with E-state index in [1.165, 1.54) is 12.8 Å². The second kappa shape index (κ2) is 6.43. The van der Waals surface area contributed by atoms with Crippen LogP contribution in [0.25, 0.3) is 0 Å². The quantitative estimate of drug-likeness (QED) is 0.870. The van der Waals surface area contributed by atoms with Gasteiger partial charge in [0.1, 0.15) is 0 Å². The highest BCUT2D eigenvalue weighted by Gasteiger charge is 2.37. The number of hydrogen-bond donors (Lipinski definition) is 1. The molecule has 0 aliphatic heterocycles. The molecule has 0 saturated heterocycles. The van der Waals surface area contributed by atoms with Gasteiger partial charge < -0.3 is 10.6 Å².